The van der Waals surface area contributed by atoms with Crippen molar-refractivity contribution < 1.29 is 28.2 Å². The number of carbonyl (C=O) groups excluding carboxylic acids is 3. The van der Waals surface area contributed by atoms with Gasteiger partial charge in [-0.05, 0) is 96.0 Å². The number of ether oxygens (including phenoxy) is 2. The number of hydrogen-bond donors (Lipinski definition) is 1. The van der Waals surface area contributed by atoms with E-state index in [4.69, 9.17) is 9.47 Å². The molecule has 0 saturated carbocycles. The topological polar surface area (TPSA) is 84.9 Å². The molecule has 180 valence electrons. The minimum atomic E-state index is -0.427. The molecule has 10 heteroatoms. The fourth-order valence-electron chi connectivity index (χ4n) is 3.14. The molecule has 0 unspecified atom stereocenters. The molecule has 0 aliphatic carbocycles. The van der Waals surface area contributed by atoms with Gasteiger partial charge in [-0.25, -0.2) is 4.39 Å². The molecule has 7 nitrogen and oxygen atoms in total. The Labute approximate surface area is 209 Å². The fraction of sp³-hybridized carbons (Fsp3) is 0.292. The summed E-state index contributed by atoms with van der Waals surface area (Å²) in [6, 6.07) is 8.61. The van der Waals surface area contributed by atoms with E-state index in [1.807, 2.05) is 20.8 Å². The van der Waals surface area contributed by atoms with E-state index in [2.05, 4.69) is 21.2 Å². The van der Waals surface area contributed by atoms with E-state index < -0.39 is 11.7 Å². The number of anilines is 1. The van der Waals surface area contributed by atoms with Gasteiger partial charge in [-0.2, -0.15) is 0 Å². The van der Waals surface area contributed by atoms with Crippen LogP contribution in [0.4, 0.5) is 14.9 Å². The molecular weight excluding hydrogens is 527 g/mol. The number of amides is 3. The van der Waals surface area contributed by atoms with Gasteiger partial charge in [-0.3, -0.25) is 19.3 Å². The molecule has 3 rings (SSSR count). The Morgan fingerprint density at radius 2 is 1.91 bits per heavy atom. The lowest BCUT2D eigenvalue weighted by molar-refractivity contribution is -0.124. The van der Waals surface area contributed by atoms with Gasteiger partial charge in [0, 0.05) is 11.7 Å². The number of hydrogen-bond acceptors (Lipinski definition) is 6. The number of benzene rings is 2. The predicted octanol–water partition coefficient (Wildman–Crippen LogP) is 5.84. The third-order valence-corrected chi connectivity index (χ3v) is 6.43. The zero-order chi connectivity index (χ0) is 24.8. The van der Waals surface area contributed by atoms with Crippen LogP contribution in [0.5, 0.6) is 11.5 Å². The van der Waals surface area contributed by atoms with Crippen LogP contribution in [0, 0.1) is 5.82 Å². The molecule has 34 heavy (non-hydrogen) atoms. The second-order valence-corrected chi connectivity index (χ2v) is 9.26. The van der Waals surface area contributed by atoms with Crippen molar-refractivity contribution in [2.24, 2.45) is 0 Å². The quantitative estimate of drug-likeness (QED) is 0.395. The highest BCUT2D eigenvalue weighted by Gasteiger charge is 2.37. The summed E-state index contributed by atoms with van der Waals surface area (Å²) in [5.74, 6) is -0.455. The lowest BCUT2D eigenvalue weighted by Gasteiger charge is -2.19. The molecule has 0 radical (unpaired) electrons. The van der Waals surface area contributed by atoms with E-state index in [0.29, 0.717) is 45.2 Å². The van der Waals surface area contributed by atoms with Crippen molar-refractivity contribution in [1.82, 2.24) is 4.90 Å². The summed E-state index contributed by atoms with van der Waals surface area (Å²) in [6.45, 7) is 5.61. The van der Waals surface area contributed by atoms with Crippen LogP contribution >= 0.6 is 27.7 Å². The number of imide groups is 1. The summed E-state index contributed by atoms with van der Waals surface area (Å²) in [5.41, 5.74) is 1.08. The van der Waals surface area contributed by atoms with E-state index in [-0.39, 0.29) is 23.8 Å². The van der Waals surface area contributed by atoms with Crippen LogP contribution in [-0.4, -0.2) is 41.2 Å². The molecule has 2 aromatic carbocycles. The zero-order valence-electron chi connectivity index (χ0n) is 18.9. The van der Waals surface area contributed by atoms with Gasteiger partial charge in [0.2, 0.25) is 0 Å². The summed E-state index contributed by atoms with van der Waals surface area (Å²) in [6.07, 6.45) is 2.30. The van der Waals surface area contributed by atoms with Gasteiger partial charge in [0.05, 0.1) is 16.0 Å². The van der Waals surface area contributed by atoms with E-state index in [9.17, 15) is 18.8 Å². The molecule has 0 bridgehead atoms. The Balaban J connectivity index is 1.77. The molecule has 2 aromatic rings. The number of carbonyl (C=O) groups is 3. The number of nitrogens with one attached hydrogen (secondary N) is 1. The van der Waals surface area contributed by atoms with Crippen LogP contribution in [-0.2, 0) is 9.59 Å². The van der Waals surface area contributed by atoms with Gasteiger partial charge in [-0.15, -0.1) is 0 Å². The van der Waals surface area contributed by atoms with E-state index in [1.165, 1.54) is 29.2 Å². The van der Waals surface area contributed by atoms with Crippen LogP contribution in [0.1, 0.15) is 32.8 Å². The van der Waals surface area contributed by atoms with Crippen molar-refractivity contribution in [1.29, 1.82) is 0 Å². The van der Waals surface area contributed by atoms with Crippen molar-refractivity contribution in [3.05, 3.63) is 57.2 Å². The molecule has 1 atom stereocenters. The maximum Gasteiger partial charge on any atom is 0.293 e. The third-order valence-electron chi connectivity index (χ3n) is 4.96. The largest absolute Gasteiger partial charge is 0.490 e. The van der Waals surface area contributed by atoms with Crippen LogP contribution in [0.3, 0.4) is 0 Å². The highest BCUT2D eigenvalue weighted by Crippen LogP contribution is 2.39. The van der Waals surface area contributed by atoms with E-state index >= 15 is 0 Å². The molecule has 0 spiro atoms. The monoisotopic (exact) mass is 550 g/mol. The van der Waals surface area contributed by atoms with Crippen LogP contribution < -0.4 is 14.8 Å². The zero-order valence-corrected chi connectivity index (χ0v) is 21.3. The minimum Gasteiger partial charge on any atom is -0.490 e. The molecule has 1 saturated heterocycles. The standard InChI is InChI=1S/C24H24BrFN2O5S/c1-4-14(3)28-23(30)20(34-24(28)31)12-15-10-18(25)22(19(11-15)32-5-2)33-13-21(29)27-17-8-6-16(26)7-9-17/h6-12,14H,4-5,13H2,1-3H3,(H,27,29)/b20-12+/t14-/m0/s1. The lowest BCUT2D eigenvalue weighted by Crippen LogP contribution is -2.36. The minimum absolute atomic E-state index is 0.180. The van der Waals surface area contributed by atoms with Crippen LogP contribution in [0.15, 0.2) is 45.8 Å². The van der Waals surface area contributed by atoms with Gasteiger partial charge in [-0.1, -0.05) is 6.92 Å². The van der Waals surface area contributed by atoms with Gasteiger partial charge in [0.15, 0.2) is 18.1 Å². The first-order valence-electron chi connectivity index (χ1n) is 10.6. The fourth-order valence-corrected chi connectivity index (χ4v) is 4.64. The Bertz CT molecular complexity index is 1120. The molecule has 0 aromatic heterocycles. The maximum absolute atomic E-state index is 13.0. The van der Waals surface area contributed by atoms with Gasteiger partial charge in [0.25, 0.3) is 17.1 Å². The van der Waals surface area contributed by atoms with Crippen molar-refractivity contribution in [3.8, 4) is 11.5 Å². The third kappa shape index (κ3) is 6.18. The van der Waals surface area contributed by atoms with E-state index in [1.54, 1.807) is 18.2 Å². The van der Waals surface area contributed by atoms with Crippen LogP contribution in [0.25, 0.3) is 6.08 Å². The molecule has 3 amide bonds. The van der Waals surface area contributed by atoms with Crippen LogP contribution in [0.2, 0.25) is 0 Å². The van der Waals surface area contributed by atoms with Gasteiger partial charge < -0.3 is 14.8 Å². The molecule has 1 fully saturated rings. The normalized spacial score (nSPS) is 15.6. The SMILES string of the molecule is CCOc1cc(/C=C2/SC(=O)N([C@@H](C)CC)C2=O)cc(Br)c1OCC(=O)Nc1ccc(F)cc1. The second-order valence-electron chi connectivity index (χ2n) is 7.42. The Hall–Kier alpha value is -2.85. The predicted molar refractivity (Wildman–Crippen MR) is 133 cm³/mol. The second kappa shape index (κ2) is 11.5. The summed E-state index contributed by atoms with van der Waals surface area (Å²) in [4.78, 5) is 38.9. The van der Waals surface area contributed by atoms with Gasteiger partial charge in [0.1, 0.15) is 5.82 Å². The first kappa shape index (κ1) is 25.8. The first-order chi connectivity index (χ1) is 16.2. The number of nitrogens with zero attached hydrogens (tertiary/aromatic N) is 1. The smallest absolute Gasteiger partial charge is 0.293 e. The summed E-state index contributed by atoms with van der Waals surface area (Å²) in [7, 11) is 0. The molecule has 1 aliphatic rings. The molecule has 1 heterocycles. The average molecular weight is 551 g/mol. The van der Waals surface area contributed by atoms with Gasteiger partial charge >= 0.3 is 0 Å². The Kier molecular flexibility index (Phi) is 8.73. The average Bonchev–Trinajstić information content (AvgIpc) is 3.07. The molecular formula is C24H24BrFN2O5S. The van der Waals surface area contributed by atoms with Crippen molar-refractivity contribution in [2.45, 2.75) is 33.2 Å². The Morgan fingerprint density at radius 3 is 2.56 bits per heavy atom. The number of rotatable bonds is 9. The summed E-state index contributed by atoms with van der Waals surface area (Å²) < 4.78 is 24.9. The first-order valence-corrected chi connectivity index (χ1v) is 12.3. The Morgan fingerprint density at radius 1 is 1.21 bits per heavy atom. The van der Waals surface area contributed by atoms with E-state index in [0.717, 1.165) is 11.8 Å². The van der Waals surface area contributed by atoms with Crippen molar-refractivity contribution >= 4 is 56.5 Å². The highest BCUT2D eigenvalue weighted by atomic mass is 79.9. The summed E-state index contributed by atoms with van der Waals surface area (Å²) >= 11 is 4.34. The number of halogens is 2. The lowest BCUT2D eigenvalue weighted by atomic mass is 10.1. The van der Waals surface area contributed by atoms with Crippen molar-refractivity contribution in [3.63, 3.8) is 0 Å². The maximum atomic E-state index is 13.0. The highest BCUT2D eigenvalue weighted by molar-refractivity contribution is 9.10. The molecule has 1 N–H and O–H groups in total. The number of thioether (sulfide) groups is 1. The molecule has 1 aliphatic heterocycles. The summed E-state index contributed by atoms with van der Waals surface area (Å²) in [5, 5.41) is 2.33. The van der Waals surface area contributed by atoms with Crippen molar-refractivity contribution in [2.75, 3.05) is 18.5 Å².